The first-order valence-corrected chi connectivity index (χ1v) is 10.8. The highest BCUT2D eigenvalue weighted by Crippen LogP contribution is 2.30. The summed E-state index contributed by atoms with van der Waals surface area (Å²) in [6.07, 6.45) is 0. The molecule has 6 heteroatoms. The number of aryl methyl sites for hydroxylation is 1. The predicted octanol–water partition coefficient (Wildman–Crippen LogP) is 5.52. The average Bonchev–Trinajstić information content (AvgIpc) is 2.80. The molecule has 2 amide bonds. The zero-order chi connectivity index (χ0) is 22.7. The van der Waals surface area contributed by atoms with Crippen molar-refractivity contribution in [2.24, 2.45) is 0 Å². The number of piperazine rings is 1. The number of hydrogen-bond donors (Lipinski definition) is 1. The van der Waals surface area contributed by atoms with Crippen molar-refractivity contribution < 1.29 is 13.6 Å². The van der Waals surface area contributed by atoms with Crippen LogP contribution in [0.5, 0.6) is 0 Å². The number of rotatable bonds is 4. The van der Waals surface area contributed by atoms with E-state index in [4.69, 9.17) is 0 Å². The number of nitrogens with zero attached hydrogens (tertiary/aromatic N) is 2. The monoisotopic (exact) mass is 435 g/mol. The second-order valence-corrected chi connectivity index (χ2v) is 8.21. The third kappa shape index (κ3) is 4.81. The second kappa shape index (κ2) is 9.49. The molecule has 32 heavy (non-hydrogen) atoms. The molecule has 1 saturated heterocycles. The van der Waals surface area contributed by atoms with Crippen molar-refractivity contribution in [3.63, 3.8) is 0 Å². The summed E-state index contributed by atoms with van der Waals surface area (Å²) in [6, 6.07) is 18.5. The molecule has 1 heterocycles. The van der Waals surface area contributed by atoms with E-state index in [9.17, 15) is 13.6 Å². The van der Waals surface area contributed by atoms with Crippen LogP contribution in [-0.2, 0) is 0 Å². The Kier molecular flexibility index (Phi) is 6.51. The van der Waals surface area contributed by atoms with E-state index >= 15 is 0 Å². The van der Waals surface area contributed by atoms with Gasteiger partial charge in [0.2, 0.25) is 0 Å². The number of benzene rings is 3. The molecular formula is C26H27F2N3O. The fourth-order valence-electron chi connectivity index (χ4n) is 4.17. The summed E-state index contributed by atoms with van der Waals surface area (Å²) in [5.74, 6) is -0.584. The summed E-state index contributed by atoms with van der Waals surface area (Å²) >= 11 is 0. The Hall–Kier alpha value is -3.25. The largest absolute Gasteiger partial charge is 0.322 e. The zero-order valence-corrected chi connectivity index (χ0v) is 18.3. The predicted molar refractivity (Wildman–Crippen MR) is 123 cm³/mol. The Balaban J connectivity index is 1.48. The normalized spacial score (nSPS) is 14.6. The maximum absolute atomic E-state index is 13.5. The highest BCUT2D eigenvalue weighted by molar-refractivity contribution is 5.90. The number of urea groups is 1. The lowest BCUT2D eigenvalue weighted by atomic mass is 9.96. The number of anilines is 1. The molecule has 0 saturated carbocycles. The average molecular weight is 436 g/mol. The van der Waals surface area contributed by atoms with Gasteiger partial charge in [-0.2, -0.15) is 0 Å². The number of nitrogens with one attached hydrogen (secondary N) is 1. The van der Waals surface area contributed by atoms with E-state index in [1.807, 2.05) is 36.9 Å². The van der Waals surface area contributed by atoms with E-state index in [0.717, 1.165) is 27.9 Å². The van der Waals surface area contributed by atoms with E-state index in [1.54, 1.807) is 24.3 Å². The van der Waals surface area contributed by atoms with Gasteiger partial charge in [-0.3, -0.25) is 4.90 Å². The third-order valence-electron chi connectivity index (χ3n) is 6.18. The van der Waals surface area contributed by atoms with Gasteiger partial charge in [0.05, 0.1) is 6.04 Å². The lowest BCUT2D eigenvalue weighted by molar-refractivity contribution is 0.126. The molecule has 0 radical (unpaired) electrons. The summed E-state index contributed by atoms with van der Waals surface area (Å²) in [4.78, 5) is 16.9. The quantitative estimate of drug-likeness (QED) is 0.586. The van der Waals surface area contributed by atoms with Crippen LogP contribution in [0.2, 0.25) is 0 Å². The third-order valence-corrected chi connectivity index (χ3v) is 6.18. The number of hydrogen-bond acceptors (Lipinski definition) is 2. The van der Waals surface area contributed by atoms with Gasteiger partial charge in [0.1, 0.15) is 11.6 Å². The van der Waals surface area contributed by atoms with E-state index in [2.05, 4.69) is 10.2 Å². The van der Waals surface area contributed by atoms with Gasteiger partial charge in [-0.25, -0.2) is 13.6 Å². The van der Waals surface area contributed by atoms with Crippen LogP contribution in [0.1, 0.15) is 28.3 Å². The van der Waals surface area contributed by atoms with Crippen molar-refractivity contribution >= 4 is 11.7 Å². The van der Waals surface area contributed by atoms with Crippen molar-refractivity contribution in [1.82, 2.24) is 9.80 Å². The van der Waals surface area contributed by atoms with Crippen LogP contribution in [0.4, 0.5) is 19.3 Å². The molecule has 166 valence electrons. The highest BCUT2D eigenvalue weighted by atomic mass is 19.1. The van der Waals surface area contributed by atoms with Gasteiger partial charge in [0.25, 0.3) is 0 Å². The zero-order valence-electron chi connectivity index (χ0n) is 18.3. The molecule has 0 spiro atoms. The topological polar surface area (TPSA) is 35.6 Å². The van der Waals surface area contributed by atoms with Crippen LogP contribution >= 0.6 is 0 Å². The molecule has 0 aromatic heterocycles. The first kappa shape index (κ1) is 22.0. The molecule has 3 aromatic carbocycles. The molecule has 4 rings (SSSR count). The number of halogens is 2. The minimum Gasteiger partial charge on any atom is -0.322 e. The molecule has 1 fully saturated rings. The molecule has 0 bridgehead atoms. The first-order chi connectivity index (χ1) is 15.4. The lowest BCUT2D eigenvalue weighted by Gasteiger charge is -2.39. The molecule has 1 N–H and O–H groups in total. The molecule has 4 nitrogen and oxygen atoms in total. The fourth-order valence-corrected chi connectivity index (χ4v) is 4.17. The van der Waals surface area contributed by atoms with Gasteiger partial charge < -0.3 is 10.2 Å². The minimum absolute atomic E-state index is 0.113. The molecule has 1 aliphatic heterocycles. The summed E-state index contributed by atoms with van der Waals surface area (Å²) in [7, 11) is 0. The van der Waals surface area contributed by atoms with E-state index in [-0.39, 0.29) is 23.7 Å². The summed E-state index contributed by atoms with van der Waals surface area (Å²) < 4.78 is 27.0. The van der Waals surface area contributed by atoms with Crippen LogP contribution in [0, 0.1) is 25.5 Å². The maximum atomic E-state index is 13.5. The van der Waals surface area contributed by atoms with Crippen molar-refractivity contribution in [3.8, 4) is 0 Å². The standard InChI is InChI=1S/C26H27F2N3O/c1-18-4-3-5-24(19(18)2)29-26(32)31-16-14-30(15-17-31)25(20-6-10-22(27)11-7-20)21-8-12-23(28)13-9-21/h3-13,25H,14-17H2,1-2H3,(H,29,32). The SMILES string of the molecule is Cc1cccc(NC(=O)N2CCN(C(c3ccc(F)cc3)c3ccc(F)cc3)CC2)c1C. The van der Waals surface area contributed by atoms with Gasteiger partial charge in [-0.15, -0.1) is 0 Å². The summed E-state index contributed by atoms with van der Waals surface area (Å²) in [5, 5.41) is 3.03. The van der Waals surface area contributed by atoms with Crippen molar-refractivity contribution in [2.45, 2.75) is 19.9 Å². The van der Waals surface area contributed by atoms with Crippen molar-refractivity contribution in [3.05, 3.63) is 101 Å². The summed E-state index contributed by atoms with van der Waals surface area (Å²) in [5.41, 5.74) is 4.90. The molecule has 0 unspecified atom stereocenters. The molecular weight excluding hydrogens is 408 g/mol. The smallest absolute Gasteiger partial charge is 0.321 e. The van der Waals surface area contributed by atoms with Gasteiger partial charge in [0, 0.05) is 31.9 Å². The van der Waals surface area contributed by atoms with E-state index in [0.29, 0.717) is 26.2 Å². The molecule has 0 aliphatic carbocycles. The number of carbonyl (C=O) groups is 1. The van der Waals surface area contributed by atoms with Crippen LogP contribution in [0.15, 0.2) is 66.7 Å². The van der Waals surface area contributed by atoms with Crippen molar-refractivity contribution in [1.29, 1.82) is 0 Å². The Bertz CT molecular complexity index is 1030. The van der Waals surface area contributed by atoms with E-state index < -0.39 is 0 Å². The fraction of sp³-hybridized carbons (Fsp3) is 0.269. The maximum Gasteiger partial charge on any atom is 0.321 e. The summed E-state index contributed by atoms with van der Waals surface area (Å²) in [6.45, 7) is 6.46. The Morgan fingerprint density at radius 2 is 1.34 bits per heavy atom. The Morgan fingerprint density at radius 1 is 0.812 bits per heavy atom. The van der Waals surface area contributed by atoms with Crippen LogP contribution < -0.4 is 5.32 Å². The first-order valence-electron chi connectivity index (χ1n) is 10.8. The minimum atomic E-state index is -0.292. The van der Waals surface area contributed by atoms with Gasteiger partial charge in [0.15, 0.2) is 0 Å². The lowest BCUT2D eigenvalue weighted by Crippen LogP contribution is -2.51. The number of amides is 2. The van der Waals surface area contributed by atoms with Gasteiger partial charge in [-0.1, -0.05) is 36.4 Å². The molecule has 0 atom stereocenters. The molecule has 1 aliphatic rings. The van der Waals surface area contributed by atoms with Crippen LogP contribution in [-0.4, -0.2) is 42.0 Å². The highest BCUT2D eigenvalue weighted by Gasteiger charge is 2.28. The Labute approximate surface area is 187 Å². The van der Waals surface area contributed by atoms with Crippen LogP contribution in [0.3, 0.4) is 0 Å². The number of carbonyl (C=O) groups excluding carboxylic acids is 1. The van der Waals surface area contributed by atoms with Gasteiger partial charge >= 0.3 is 6.03 Å². The van der Waals surface area contributed by atoms with Crippen molar-refractivity contribution in [2.75, 3.05) is 31.5 Å². The Morgan fingerprint density at radius 3 is 1.88 bits per heavy atom. The van der Waals surface area contributed by atoms with Gasteiger partial charge in [-0.05, 0) is 66.4 Å². The van der Waals surface area contributed by atoms with E-state index in [1.165, 1.54) is 24.3 Å². The molecule has 3 aromatic rings. The van der Waals surface area contributed by atoms with Crippen LogP contribution in [0.25, 0.3) is 0 Å². The second-order valence-electron chi connectivity index (χ2n) is 8.21.